The maximum absolute atomic E-state index is 14.8. The number of benzene rings is 1. The predicted octanol–water partition coefficient (Wildman–Crippen LogP) is -8.87. The van der Waals surface area contributed by atoms with Gasteiger partial charge in [0.05, 0.1) is 19.6 Å². The van der Waals surface area contributed by atoms with E-state index >= 15 is 0 Å². The Hall–Kier alpha value is -8.15. The Balaban J connectivity index is 2.53. The van der Waals surface area contributed by atoms with Gasteiger partial charge < -0.3 is 119 Å². The Morgan fingerprint density at radius 3 is 1.39 bits per heavy atom. The quantitative estimate of drug-likeness (QED) is 0.0213. The molecule has 1 aromatic carbocycles. The summed E-state index contributed by atoms with van der Waals surface area (Å²) >= 11 is 0. The highest BCUT2D eigenvalue weighted by atomic mass is 16.4. The second kappa shape index (κ2) is 47.3. The fourth-order valence-corrected chi connectivity index (χ4v) is 11.1. The first-order valence-corrected chi connectivity index (χ1v) is 35.2. The van der Waals surface area contributed by atoms with Gasteiger partial charge in [0.2, 0.25) is 65.0 Å². The molecule has 1 aliphatic rings. The summed E-state index contributed by atoms with van der Waals surface area (Å²) in [5, 5.41) is 63.3. The van der Waals surface area contributed by atoms with Crippen molar-refractivity contribution in [3.05, 3.63) is 35.9 Å². The molecule has 38 nitrogen and oxygen atoms in total. The van der Waals surface area contributed by atoms with Gasteiger partial charge in [0, 0.05) is 19.4 Å². The number of hydrogen-bond acceptors (Lipinski definition) is 24. The van der Waals surface area contributed by atoms with Crippen molar-refractivity contribution >= 4 is 76.9 Å². The molecule has 0 aliphatic carbocycles. The van der Waals surface area contributed by atoms with Crippen molar-refractivity contribution in [3.63, 3.8) is 0 Å². The van der Waals surface area contributed by atoms with Crippen LogP contribution in [0.1, 0.15) is 138 Å². The summed E-state index contributed by atoms with van der Waals surface area (Å²) in [5.41, 5.74) is 44.0. The molecule has 0 bridgehead atoms. The van der Waals surface area contributed by atoms with Crippen LogP contribution in [0.4, 0.5) is 0 Å². The molecule has 38 heteroatoms. The number of nitrogens with one attached hydrogen (secondary N) is 13. The molecule has 584 valence electrons. The number of carboxylic acid groups (broad SMARTS) is 1. The lowest BCUT2D eigenvalue weighted by Gasteiger charge is -2.32. The maximum atomic E-state index is 14.8. The molecule has 14 atom stereocenters. The van der Waals surface area contributed by atoms with Crippen LogP contribution in [0.2, 0.25) is 0 Å². The summed E-state index contributed by atoms with van der Waals surface area (Å²) in [7, 11) is 0. The molecule has 103 heavy (non-hydrogen) atoms. The second-order valence-electron chi connectivity index (χ2n) is 26.8. The molecule has 1 saturated heterocycles. The summed E-state index contributed by atoms with van der Waals surface area (Å²) in [6, 6.07) is -8.46. The van der Waals surface area contributed by atoms with Gasteiger partial charge in [-0.15, -0.1) is 0 Å². The van der Waals surface area contributed by atoms with Crippen molar-refractivity contribution in [1.29, 1.82) is 0 Å². The summed E-state index contributed by atoms with van der Waals surface area (Å²) in [4.78, 5) is 182. The molecule has 0 unspecified atom stereocenters. The van der Waals surface area contributed by atoms with Gasteiger partial charge in [-0.2, -0.15) is 0 Å². The molecule has 2 rings (SSSR count). The molecule has 12 amide bonds. The number of aliphatic hydroxyl groups is 2. The average Bonchev–Trinajstić information content (AvgIpc) is 1.56. The van der Waals surface area contributed by atoms with E-state index < -0.39 is 206 Å². The number of carbonyl (C=O) groups excluding carboxylic acids is 12. The van der Waals surface area contributed by atoms with E-state index in [0.29, 0.717) is 44.2 Å². The van der Waals surface area contributed by atoms with Crippen LogP contribution in [0.3, 0.4) is 0 Å². The third-order valence-electron chi connectivity index (χ3n) is 17.4. The van der Waals surface area contributed by atoms with E-state index in [0.717, 1.165) is 0 Å². The van der Waals surface area contributed by atoms with Crippen molar-refractivity contribution in [1.82, 2.24) is 74.0 Å². The fourth-order valence-electron chi connectivity index (χ4n) is 11.1. The molecule has 1 heterocycles. The zero-order chi connectivity index (χ0) is 77.8. The second-order valence-corrected chi connectivity index (χ2v) is 26.8. The zero-order valence-corrected chi connectivity index (χ0v) is 60.6. The van der Waals surface area contributed by atoms with Crippen molar-refractivity contribution in [3.8, 4) is 0 Å². The van der Waals surface area contributed by atoms with Gasteiger partial charge in [-0.3, -0.25) is 73.5 Å². The lowest BCUT2D eigenvalue weighted by molar-refractivity contribution is -0.405. The maximum Gasteiger partial charge on any atom is 0.328 e. The Labute approximate surface area is 601 Å². The summed E-state index contributed by atoms with van der Waals surface area (Å²) < 4.78 is 0. The Bertz CT molecular complexity index is 2900. The number of rotatable bonds is 50. The molecule has 33 N–H and O–H groups in total. The monoisotopic (exact) mass is 1460 g/mol. The number of nitrogens with zero attached hydrogens (tertiary/aromatic N) is 1. The lowest BCUT2D eigenvalue weighted by atomic mass is 9.96. The number of nitrogens with two attached hydrogens (primary N) is 7. The molecule has 0 saturated carbocycles. The molecule has 0 aromatic heterocycles. The number of quaternary nitrogens is 1. The normalized spacial score (nSPS) is 16.8. The summed E-state index contributed by atoms with van der Waals surface area (Å²) in [6.07, 6.45) is -1.27. The van der Waals surface area contributed by atoms with Gasteiger partial charge in [0.1, 0.15) is 85.3 Å². The van der Waals surface area contributed by atoms with Crippen LogP contribution in [0.5, 0.6) is 0 Å². The summed E-state index contributed by atoms with van der Waals surface area (Å²) in [6.45, 7) is 12.3. The van der Waals surface area contributed by atoms with Gasteiger partial charge in [-0.05, 0) is 100 Å². The van der Waals surface area contributed by atoms with Gasteiger partial charge >= 0.3 is 5.97 Å². The molecular formula is C65H119N22O16+. The van der Waals surface area contributed by atoms with Gasteiger partial charge in [-0.25, -0.2) is 4.79 Å². The number of amides is 12. The number of primary amides is 1. The predicted molar refractivity (Wildman–Crippen MR) is 378 cm³/mol. The van der Waals surface area contributed by atoms with E-state index in [-0.39, 0.29) is 70.5 Å². The molecule has 0 radical (unpaired) electrons. The average molecular weight is 1460 g/mol. The van der Waals surface area contributed by atoms with Crippen LogP contribution in [-0.4, -0.2) is 228 Å². The highest BCUT2D eigenvalue weighted by Gasteiger charge is 2.42. The third-order valence-corrected chi connectivity index (χ3v) is 17.4. The standard InChI is InChI=1S/C65H118N22O16/c1-9-35(7)49(60(100)82-44(31-88)56(96)84-48(34(5)6)58(98)83-45(32-89)62(102)103)85-53(93)40(22-16-26-76-65(72)73)78-55(95)42(30-47(67)90)79-54(94)41(29-37-18-12-11-13-19-37)80-59(99)50(36(8)10-2)86-57(97)46-23-17-27-87(46)61(101)43(28-33(3)4)81-52(92)39(21-15-25-75-64(70)71)77-51(91)38(66)20-14-24-74-63(68)69/h11-13,18-19,33-36,38-46,48-50,63-65,74-76,88-89H,9-10,14-17,20-32,66,68-73H2,1-8H3,(H2,67,90)(H,77,91)(H,78,95)(H,79,94)(H,80,99)(H,81,92)(H,82,100)(H,83,98)(H,84,96)(H,85,93)(H,86,97)(H,102,103)/p+1/t35-,36-,38-,39-,40-,41-,42-,43-,44-,45-,46-,48-,49-,50-/m0/s1. The first-order chi connectivity index (χ1) is 48.5. The van der Waals surface area contributed by atoms with Crippen LogP contribution >= 0.6 is 0 Å². The topological polar surface area (TPSA) is 652 Å². The molecular weight excluding hydrogens is 1340 g/mol. The minimum atomic E-state index is -1.83. The number of carboxylic acids is 1. The van der Waals surface area contributed by atoms with Crippen molar-refractivity contribution < 1.29 is 83.4 Å². The van der Waals surface area contributed by atoms with E-state index in [4.69, 9.17) is 40.1 Å². The first kappa shape index (κ1) is 90.9. The SMILES string of the molecule is CC[C@H](C)[C@H](NC(=O)[C@H](CCCNC(N)N)NC(=O)[C@H](CC(N)=O)NC(=O)[C@H](Cc1ccccc1)NC(=O)[C@@H](NC(=O)[C@@H]1CCCN1C(=O)[C@H](CC(C)C)NC(=O)[C@H](CCCNC(N)N)NC(=O)[C@@H]([NH3+])CCCNC(N)N)[C@@H](C)CC)C(=O)N[C@@H](CO)C(=O)N[C@H](C(=O)N[C@@H](CO)C(=O)O)C(C)C. The van der Waals surface area contributed by atoms with Crippen LogP contribution in [-0.2, 0) is 68.7 Å². The zero-order valence-electron chi connectivity index (χ0n) is 60.6. The number of hydrogen-bond donors (Lipinski definition) is 24. The fraction of sp³-hybridized carbons (Fsp3) is 0.708. The minimum absolute atomic E-state index is 0.0868. The number of aliphatic hydroxyl groups excluding tert-OH is 2. The first-order valence-electron chi connectivity index (χ1n) is 35.2. The third kappa shape index (κ3) is 33.0. The molecule has 1 aromatic rings. The van der Waals surface area contributed by atoms with E-state index in [9.17, 15) is 77.6 Å². The van der Waals surface area contributed by atoms with Crippen LogP contribution < -0.4 is 115 Å². The Morgan fingerprint density at radius 1 is 0.505 bits per heavy atom. The largest absolute Gasteiger partial charge is 0.480 e. The van der Waals surface area contributed by atoms with Crippen LogP contribution in [0.15, 0.2) is 30.3 Å². The van der Waals surface area contributed by atoms with Crippen molar-refractivity contribution in [2.75, 3.05) is 39.4 Å². The van der Waals surface area contributed by atoms with E-state index in [1.165, 1.54) is 18.7 Å². The highest BCUT2D eigenvalue weighted by molar-refractivity contribution is 6.00. The molecule has 1 fully saturated rings. The van der Waals surface area contributed by atoms with Gasteiger partial charge in [0.15, 0.2) is 6.04 Å². The molecule has 1 aliphatic heterocycles. The summed E-state index contributed by atoms with van der Waals surface area (Å²) in [5.74, 6) is -14.3. The van der Waals surface area contributed by atoms with Crippen molar-refractivity contribution in [2.45, 2.75) is 230 Å². The Morgan fingerprint density at radius 2 is 0.913 bits per heavy atom. The number of carbonyl (C=O) groups is 13. The van der Waals surface area contributed by atoms with E-state index in [2.05, 4.69) is 74.9 Å². The van der Waals surface area contributed by atoms with E-state index in [1.54, 1.807) is 58.0 Å². The lowest BCUT2D eigenvalue weighted by Crippen LogP contribution is -2.69. The van der Waals surface area contributed by atoms with Crippen LogP contribution in [0, 0.1) is 23.7 Å². The number of likely N-dealkylation sites (tertiary alicyclic amines) is 1. The van der Waals surface area contributed by atoms with Crippen LogP contribution in [0.25, 0.3) is 0 Å². The van der Waals surface area contributed by atoms with E-state index in [1.807, 2.05) is 13.8 Å². The highest BCUT2D eigenvalue weighted by Crippen LogP contribution is 2.23. The molecule has 0 spiro atoms. The van der Waals surface area contributed by atoms with Crippen molar-refractivity contribution in [2.24, 2.45) is 63.8 Å². The van der Waals surface area contributed by atoms with Gasteiger partial charge in [-0.1, -0.05) is 98.6 Å². The Kier molecular flexibility index (Phi) is 41.7. The minimum Gasteiger partial charge on any atom is -0.480 e. The smallest absolute Gasteiger partial charge is 0.328 e. The van der Waals surface area contributed by atoms with Gasteiger partial charge in [0.25, 0.3) is 5.91 Å². The number of aliphatic carboxylic acids is 1.